The third kappa shape index (κ3) is 5.67. The van der Waals surface area contributed by atoms with Crippen molar-refractivity contribution in [3.63, 3.8) is 0 Å². The Morgan fingerprint density at radius 1 is 1.32 bits per heavy atom. The van der Waals surface area contributed by atoms with Crippen LogP contribution in [-0.4, -0.2) is 33.2 Å². The minimum atomic E-state index is -3.36. The van der Waals surface area contributed by atoms with E-state index in [1.54, 1.807) is 6.07 Å². The zero-order valence-corrected chi connectivity index (χ0v) is 14.6. The molecule has 22 heavy (non-hydrogen) atoms. The van der Waals surface area contributed by atoms with Crippen LogP contribution in [0, 0.1) is 6.92 Å². The lowest BCUT2D eigenvalue weighted by Gasteiger charge is -2.24. The Bertz CT molecular complexity index is 599. The molecule has 0 saturated carbocycles. The first-order chi connectivity index (χ1) is 10.3. The molecule has 0 aliphatic rings. The van der Waals surface area contributed by atoms with Crippen LogP contribution >= 0.6 is 0 Å². The van der Waals surface area contributed by atoms with E-state index in [9.17, 15) is 13.2 Å². The second kappa shape index (κ2) is 8.17. The Kier molecular flexibility index (Phi) is 6.87. The van der Waals surface area contributed by atoms with Gasteiger partial charge in [0.05, 0.1) is 11.9 Å². The molecule has 0 aliphatic carbocycles. The number of carbonyl (C=O) groups is 1. The maximum absolute atomic E-state index is 12.0. The molecule has 0 bridgehead atoms. The third-order valence-corrected chi connectivity index (χ3v) is 4.75. The van der Waals surface area contributed by atoms with E-state index in [0.29, 0.717) is 25.1 Å². The van der Waals surface area contributed by atoms with Crippen LogP contribution in [0.3, 0.4) is 0 Å². The minimum Gasteiger partial charge on any atom is -0.354 e. The summed E-state index contributed by atoms with van der Waals surface area (Å²) in [7, 11) is -3.36. The van der Waals surface area contributed by atoms with Crippen molar-refractivity contribution < 1.29 is 13.2 Å². The van der Waals surface area contributed by atoms with Gasteiger partial charge in [-0.25, -0.2) is 8.42 Å². The van der Waals surface area contributed by atoms with E-state index >= 15 is 0 Å². The first-order valence-corrected chi connectivity index (χ1v) is 9.43. The fourth-order valence-electron chi connectivity index (χ4n) is 2.14. The van der Waals surface area contributed by atoms with Crippen LogP contribution in [0.5, 0.6) is 0 Å². The van der Waals surface area contributed by atoms with Crippen molar-refractivity contribution in [3.05, 3.63) is 29.8 Å². The number of nitrogens with one attached hydrogen (secondary N) is 1. The topological polar surface area (TPSA) is 66.5 Å². The monoisotopic (exact) mass is 326 g/mol. The molecule has 1 atom stereocenters. The van der Waals surface area contributed by atoms with Gasteiger partial charge in [0.25, 0.3) is 0 Å². The number of hydrogen-bond acceptors (Lipinski definition) is 3. The molecule has 0 fully saturated rings. The number of benzene rings is 1. The van der Waals surface area contributed by atoms with E-state index in [4.69, 9.17) is 0 Å². The highest BCUT2D eigenvalue weighted by atomic mass is 32.2. The fourth-order valence-corrected chi connectivity index (χ4v) is 3.16. The molecule has 0 unspecified atom stereocenters. The lowest BCUT2D eigenvalue weighted by Crippen LogP contribution is -2.34. The van der Waals surface area contributed by atoms with E-state index in [-0.39, 0.29) is 11.9 Å². The summed E-state index contributed by atoms with van der Waals surface area (Å²) >= 11 is 0. The van der Waals surface area contributed by atoms with Crippen molar-refractivity contribution in [3.8, 4) is 0 Å². The highest BCUT2D eigenvalue weighted by molar-refractivity contribution is 7.92. The molecule has 6 heteroatoms. The van der Waals surface area contributed by atoms with Gasteiger partial charge < -0.3 is 5.32 Å². The number of carbonyl (C=O) groups excluding carboxylic acids is 1. The molecule has 1 aromatic rings. The second-order valence-electron chi connectivity index (χ2n) is 5.60. The number of rotatable bonds is 8. The summed E-state index contributed by atoms with van der Waals surface area (Å²) in [5.41, 5.74) is 1.57. The number of para-hydroxylation sites is 1. The summed E-state index contributed by atoms with van der Waals surface area (Å²) in [6, 6.07) is 7.50. The highest BCUT2D eigenvalue weighted by Crippen LogP contribution is 2.22. The van der Waals surface area contributed by atoms with Crippen molar-refractivity contribution in [2.45, 2.75) is 46.1 Å². The first kappa shape index (κ1) is 18.5. The summed E-state index contributed by atoms with van der Waals surface area (Å²) in [5, 5.41) is 2.89. The van der Waals surface area contributed by atoms with E-state index in [1.807, 2.05) is 39.0 Å². The average Bonchev–Trinajstić information content (AvgIpc) is 2.43. The molecule has 0 radical (unpaired) electrons. The van der Waals surface area contributed by atoms with Crippen LogP contribution in [0.1, 0.15) is 38.7 Å². The molecule has 0 aromatic heterocycles. The number of amides is 1. The average molecular weight is 326 g/mol. The molecule has 1 amide bonds. The van der Waals surface area contributed by atoms with E-state index in [0.717, 1.165) is 12.0 Å². The number of sulfonamides is 1. The Hall–Kier alpha value is -1.56. The van der Waals surface area contributed by atoms with Crippen molar-refractivity contribution >= 4 is 21.6 Å². The zero-order valence-electron chi connectivity index (χ0n) is 13.8. The molecule has 0 aliphatic heterocycles. The zero-order chi connectivity index (χ0) is 16.8. The van der Waals surface area contributed by atoms with Gasteiger partial charge in [0.15, 0.2) is 0 Å². The van der Waals surface area contributed by atoms with Gasteiger partial charge in [0, 0.05) is 19.0 Å². The Morgan fingerprint density at radius 2 is 1.95 bits per heavy atom. The largest absolute Gasteiger partial charge is 0.354 e. The van der Waals surface area contributed by atoms with Crippen molar-refractivity contribution in [1.29, 1.82) is 0 Å². The predicted octanol–water partition coefficient (Wildman–Crippen LogP) is 2.46. The van der Waals surface area contributed by atoms with Gasteiger partial charge in [-0.2, -0.15) is 0 Å². The van der Waals surface area contributed by atoms with Gasteiger partial charge in [0.2, 0.25) is 15.9 Å². The van der Waals surface area contributed by atoms with Gasteiger partial charge in [-0.3, -0.25) is 9.10 Å². The van der Waals surface area contributed by atoms with E-state index in [1.165, 1.54) is 10.6 Å². The molecule has 0 heterocycles. The molecular weight excluding hydrogens is 300 g/mol. The van der Waals surface area contributed by atoms with Gasteiger partial charge in [-0.15, -0.1) is 0 Å². The van der Waals surface area contributed by atoms with Gasteiger partial charge >= 0.3 is 0 Å². The number of aryl methyl sites for hydroxylation is 1. The normalized spacial score (nSPS) is 12.7. The third-order valence-electron chi connectivity index (χ3n) is 3.57. The van der Waals surface area contributed by atoms with Crippen molar-refractivity contribution in [2.75, 3.05) is 17.1 Å². The highest BCUT2D eigenvalue weighted by Gasteiger charge is 2.19. The standard InChI is InChI=1S/C16H26N2O3S/c1-5-14(3)17-16(19)11-8-12-18(22(4,20)21)15-10-7-6-9-13(15)2/h6-7,9-10,14H,5,8,11-12H2,1-4H3,(H,17,19)/t14-/m1/s1. The Balaban J connectivity index is 2.70. The summed E-state index contributed by atoms with van der Waals surface area (Å²) in [4.78, 5) is 11.8. The molecule has 1 N–H and O–H groups in total. The van der Waals surface area contributed by atoms with Gasteiger partial charge in [0.1, 0.15) is 0 Å². The molecular formula is C16H26N2O3S. The number of nitrogens with zero attached hydrogens (tertiary/aromatic N) is 1. The maximum Gasteiger partial charge on any atom is 0.232 e. The molecule has 1 rings (SSSR count). The SMILES string of the molecule is CC[C@@H](C)NC(=O)CCCN(c1ccccc1C)S(C)(=O)=O. The van der Waals surface area contributed by atoms with Crippen LogP contribution < -0.4 is 9.62 Å². The van der Waals surface area contributed by atoms with E-state index in [2.05, 4.69) is 5.32 Å². The molecule has 1 aromatic carbocycles. The van der Waals surface area contributed by atoms with Crippen molar-refractivity contribution in [1.82, 2.24) is 5.32 Å². The summed E-state index contributed by atoms with van der Waals surface area (Å²) < 4.78 is 25.4. The quantitative estimate of drug-likeness (QED) is 0.798. The molecule has 0 spiro atoms. The van der Waals surface area contributed by atoms with E-state index < -0.39 is 10.0 Å². The number of anilines is 1. The smallest absolute Gasteiger partial charge is 0.232 e. The summed E-state index contributed by atoms with van der Waals surface area (Å²) in [5.74, 6) is -0.0346. The minimum absolute atomic E-state index is 0.0346. The van der Waals surface area contributed by atoms with Crippen LogP contribution in [0.4, 0.5) is 5.69 Å². The summed E-state index contributed by atoms with van der Waals surface area (Å²) in [6.45, 7) is 6.14. The molecule has 124 valence electrons. The van der Waals surface area contributed by atoms with Crippen LogP contribution in [-0.2, 0) is 14.8 Å². The van der Waals surface area contributed by atoms with Crippen LogP contribution in [0.2, 0.25) is 0 Å². The lowest BCUT2D eigenvalue weighted by molar-refractivity contribution is -0.121. The second-order valence-corrected chi connectivity index (χ2v) is 7.51. The first-order valence-electron chi connectivity index (χ1n) is 7.58. The Labute approximate surface area is 133 Å². The van der Waals surface area contributed by atoms with Crippen molar-refractivity contribution in [2.24, 2.45) is 0 Å². The van der Waals surface area contributed by atoms with Crippen LogP contribution in [0.15, 0.2) is 24.3 Å². The van der Waals surface area contributed by atoms with Crippen LogP contribution in [0.25, 0.3) is 0 Å². The van der Waals surface area contributed by atoms with Gasteiger partial charge in [-0.05, 0) is 38.3 Å². The summed E-state index contributed by atoms with van der Waals surface area (Å²) in [6.07, 6.45) is 2.88. The number of hydrogen-bond donors (Lipinski definition) is 1. The van der Waals surface area contributed by atoms with Gasteiger partial charge in [-0.1, -0.05) is 25.1 Å². The molecule has 5 nitrogen and oxygen atoms in total. The molecule has 0 saturated heterocycles. The lowest BCUT2D eigenvalue weighted by atomic mass is 10.2. The maximum atomic E-state index is 12.0. The fraction of sp³-hybridized carbons (Fsp3) is 0.562. The predicted molar refractivity (Wildman–Crippen MR) is 90.5 cm³/mol. The Morgan fingerprint density at radius 3 is 2.50 bits per heavy atom.